The van der Waals surface area contributed by atoms with Gasteiger partial charge in [0.05, 0.1) is 5.41 Å². The van der Waals surface area contributed by atoms with Gasteiger partial charge in [-0.2, -0.15) is 0 Å². The Bertz CT molecular complexity index is 422. The number of ether oxygens (including phenoxy) is 1. The van der Waals surface area contributed by atoms with Crippen LogP contribution in [-0.2, 0) is 15.1 Å². The van der Waals surface area contributed by atoms with Crippen LogP contribution in [0.2, 0.25) is 0 Å². The first-order chi connectivity index (χ1) is 8.94. The van der Waals surface area contributed by atoms with Crippen molar-refractivity contribution in [2.45, 2.75) is 58.5 Å². The Labute approximate surface area is 116 Å². The van der Waals surface area contributed by atoms with Gasteiger partial charge in [-0.05, 0) is 52.0 Å². The molecule has 104 valence electrons. The first-order valence-electron chi connectivity index (χ1n) is 7.23. The highest BCUT2D eigenvalue weighted by Crippen LogP contribution is 2.41. The SMILES string of the molecule is CC(C)(C)C(=O)OC1(c2ccccc2)CCCCC1. The molecule has 0 aromatic heterocycles. The summed E-state index contributed by atoms with van der Waals surface area (Å²) in [6.07, 6.45) is 5.39. The summed E-state index contributed by atoms with van der Waals surface area (Å²) >= 11 is 0. The molecule has 0 heterocycles. The van der Waals surface area contributed by atoms with E-state index in [1.54, 1.807) is 0 Å². The first kappa shape index (κ1) is 14.1. The van der Waals surface area contributed by atoms with E-state index >= 15 is 0 Å². The topological polar surface area (TPSA) is 26.3 Å². The lowest BCUT2D eigenvalue weighted by Crippen LogP contribution is -2.38. The quantitative estimate of drug-likeness (QED) is 0.735. The summed E-state index contributed by atoms with van der Waals surface area (Å²) in [5.74, 6) is -0.0988. The molecule has 0 saturated heterocycles. The van der Waals surface area contributed by atoms with E-state index in [0.717, 1.165) is 31.2 Å². The van der Waals surface area contributed by atoms with E-state index < -0.39 is 11.0 Å². The lowest BCUT2D eigenvalue weighted by atomic mass is 9.79. The molecule has 0 bridgehead atoms. The maximum Gasteiger partial charge on any atom is 0.312 e. The molecule has 19 heavy (non-hydrogen) atoms. The van der Waals surface area contributed by atoms with Crippen LogP contribution in [0.1, 0.15) is 58.4 Å². The number of carbonyl (C=O) groups is 1. The fraction of sp³-hybridized carbons (Fsp3) is 0.588. The minimum absolute atomic E-state index is 0.0988. The highest BCUT2D eigenvalue weighted by molar-refractivity contribution is 5.76. The van der Waals surface area contributed by atoms with E-state index in [1.165, 1.54) is 6.42 Å². The Hall–Kier alpha value is -1.31. The van der Waals surface area contributed by atoms with Crippen LogP contribution < -0.4 is 0 Å². The molecule has 1 aliphatic carbocycles. The second kappa shape index (κ2) is 5.36. The zero-order chi connectivity index (χ0) is 13.9. The van der Waals surface area contributed by atoms with Crippen LogP contribution in [0.3, 0.4) is 0 Å². The number of hydrogen-bond donors (Lipinski definition) is 0. The molecule has 0 N–H and O–H groups in total. The second-order valence-electron chi connectivity index (χ2n) is 6.56. The van der Waals surface area contributed by atoms with Crippen molar-refractivity contribution in [3.8, 4) is 0 Å². The van der Waals surface area contributed by atoms with Crippen molar-refractivity contribution in [1.82, 2.24) is 0 Å². The van der Waals surface area contributed by atoms with Gasteiger partial charge in [0.15, 0.2) is 0 Å². The highest BCUT2D eigenvalue weighted by Gasteiger charge is 2.40. The van der Waals surface area contributed by atoms with Crippen LogP contribution in [0.5, 0.6) is 0 Å². The van der Waals surface area contributed by atoms with Crippen LogP contribution in [0.25, 0.3) is 0 Å². The highest BCUT2D eigenvalue weighted by atomic mass is 16.6. The van der Waals surface area contributed by atoms with Crippen molar-refractivity contribution in [3.05, 3.63) is 35.9 Å². The van der Waals surface area contributed by atoms with Gasteiger partial charge in [0.2, 0.25) is 0 Å². The third-order valence-corrected chi connectivity index (χ3v) is 3.86. The van der Waals surface area contributed by atoms with Gasteiger partial charge in [-0.25, -0.2) is 0 Å². The van der Waals surface area contributed by atoms with Crippen molar-refractivity contribution in [2.75, 3.05) is 0 Å². The number of carbonyl (C=O) groups excluding carboxylic acids is 1. The van der Waals surface area contributed by atoms with Gasteiger partial charge in [-0.1, -0.05) is 36.8 Å². The third kappa shape index (κ3) is 3.17. The van der Waals surface area contributed by atoms with E-state index in [9.17, 15) is 4.79 Å². The van der Waals surface area contributed by atoms with Gasteiger partial charge < -0.3 is 4.74 Å². The Balaban J connectivity index is 2.28. The van der Waals surface area contributed by atoms with Crippen molar-refractivity contribution < 1.29 is 9.53 Å². The fourth-order valence-corrected chi connectivity index (χ4v) is 2.64. The van der Waals surface area contributed by atoms with Crippen LogP contribution in [0.15, 0.2) is 30.3 Å². The van der Waals surface area contributed by atoms with Crippen LogP contribution in [0, 0.1) is 5.41 Å². The summed E-state index contributed by atoms with van der Waals surface area (Å²) in [6.45, 7) is 5.74. The van der Waals surface area contributed by atoms with E-state index in [4.69, 9.17) is 4.74 Å². The van der Waals surface area contributed by atoms with Gasteiger partial charge in [0, 0.05) is 0 Å². The Morgan fingerprint density at radius 3 is 2.16 bits per heavy atom. The number of benzene rings is 1. The zero-order valence-electron chi connectivity index (χ0n) is 12.2. The van der Waals surface area contributed by atoms with E-state index in [0.29, 0.717) is 0 Å². The Kier molecular flexibility index (Phi) is 3.98. The van der Waals surface area contributed by atoms with Gasteiger partial charge in [0.1, 0.15) is 5.60 Å². The van der Waals surface area contributed by atoms with Crippen molar-refractivity contribution >= 4 is 5.97 Å². The van der Waals surface area contributed by atoms with E-state index in [1.807, 2.05) is 39.0 Å². The summed E-state index contributed by atoms with van der Waals surface area (Å²) in [7, 11) is 0. The summed E-state index contributed by atoms with van der Waals surface area (Å²) in [6, 6.07) is 10.2. The lowest BCUT2D eigenvalue weighted by Gasteiger charge is -2.39. The molecule has 0 unspecified atom stereocenters. The van der Waals surface area contributed by atoms with Gasteiger partial charge in [0.25, 0.3) is 0 Å². The zero-order valence-corrected chi connectivity index (χ0v) is 12.2. The summed E-state index contributed by atoms with van der Waals surface area (Å²) in [4.78, 5) is 12.3. The van der Waals surface area contributed by atoms with Crippen molar-refractivity contribution in [2.24, 2.45) is 5.41 Å². The third-order valence-electron chi connectivity index (χ3n) is 3.86. The molecular weight excluding hydrogens is 236 g/mol. The van der Waals surface area contributed by atoms with Crippen LogP contribution in [0.4, 0.5) is 0 Å². The summed E-state index contributed by atoms with van der Waals surface area (Å²) in [5.41, 5.74) is 0.302. The molecule has 2 nitrogen and oxygen atoms in total. The minimum atomic E-state index is -0.445. The monoisotopic (exact) mass is 260 g/mol. The van der Waals surface area contributed by atoms with Crippen LogP contribution in [-0.4, -0.2) is 5.97 Å². The standard InChI is InChI=1S/C17H24O2/c1-16(2,3)15(18)19-17(12-8-5-9-13-17)14-10-6-4-7-11-14/h4,6-7,10-11H,5,8-9,12-13H2,1-3H3. The normalized spacial score (nSPS) is 18.9. The molecule has 0 spiro atoms. The van der Waals surface area contributed by atoms with E-state index in [2.05, 4.69) is 12.1 Å². The second-order valence-corrected chi connectivity index (χ2v) is 6.56. The molecule has 0 amide bonds. The maximum absolute atomic E-state index is 12.3. The summed E-state index contributed by atoms with van der Waals surface area (Å²) < 4.78 is 5.99. The predicted molar refractivity (Wildman–Crippen MR) is 76.8 cm³/mol. The molecule has 1 aliphatic rings. The molecule has 1 aromatic carbocycles. The Morgan fingerprint density at radius 1 is 1.05 bits per heavy atom. The molecule has 0 aliphatic heterocycles. The van der Waals surface area contributed by atoms with Crippen LogP contribution >= 0.6 is 0 Å². The molecule has 1 saturated carbocycles. The van der Waals surface area contributed by atoms with E-state index in [-0.39, 0.29) is 5.97 Å². The number of hydrogen-bond acceptors (Lipinski definition) is 2. The van der Waals surface area contributed by atoms with Gasteiger partial charge >= 0.3 is 5.97 Å². The number of rotatable bonds is 2. The molecule has 0 atom stereocenters. The average molecular weight is 260 g/mol. The minimum Gasteiger partial charge on any atom is -0.454 e. The largest absolute Gasteiger partial charge is 0.454 e. The lowest BCUT2D eigenvalue weighted by molar-refractivity contribution is -0.175. The fourth-order valence-electron chi connectivity index (χ4n) is 2.64. The van der Waals surface area contributed by atoms with Crippen molar-refractivity contribution in [1.29, 1.82) is 0 Å². The summed E-state index contributed by atoms with van der Waals surface area (Å²) in [5, 5.41) is 0. The first-order valence-corrected chi connectivity index (χ1v) is 7.23. The maximum atomic E-state index is 12.3. The molecule has 0 radical (unpaired) electrons. The Morgan fingerprint density at radius 2 is 1.63 bits per heavy atom. The molecule has 2 heteroatoms. The molecular formula is C17H24O2. The van der Waals surface area contributed by atoms with Gasteiger partial charge in [-0.15, -0.1) is 0 Å². The molecule has 1 fully saturated rings. The average Bonchev–Trinajstić information content (AvgIpc) is 2.40. The smallest absolute Gasteiger partial charge is 0.312 e. The number of esters is 1. The molecule has 2 rings (SSSR count). The van der Waals surface area contributed by atoms with Gasteiger partial charge in [-0.3, -0.25) is 4.79 Å². The van der Waals surface area contributed by atoms with Crippen molar-refractivity contribution in [3.63, 3.8) is 0 Å². The molecule has 1 aromatic rings. The predicted octanol–water partition coefficient (Wildman–Crippen LogP) is 4.44.